The second-order valence-electron chi connectivity index (χ2n) is 4.49. The number of primary amides is 1. The molecule has 7 nitrogen and oxygen atoms in total. The number of Topliss-reactive ketones (excluding diaryl/α,β-unsaturated/α-hetero) is 1. The first-order valence-corrected chi connectivity index (χ1v) is 6.06. The zero-order chi connectivity index (χ0) is 13.0. The Balaban J connectivity index is 1.84. The van der Waals surface area contributed by atoms with E-state index in [0.717, 1.165) is 25.9 Å². The number of hydrogen-bond donors (Lipinski definition) is 1. The minimum atomic E-state index is -0.845. The Labute approximate surface area is 105 Å². The Morgan fingerprint density at radius 1 is 1.44 bits per heavy atom. The Morgan fingerprint density at radius 3 is 2.94 bits per heavy atom. The van der Waals surface area contributed by atoms with Crippen LogP contribution in [0, 0.1) is 0 Å². The van der Waals surface area contributed by atoms with Crippen LogP contribution in [0.4, 0.5) is 0 Å². The van der Waals surface area contributed by atoms with Crippen molar-refractivity contribution in [2.24, 2.45) is 5.73 Å². The average Bonchev–Trinajstić information content (AvgIpc) is 2.98. The monoisotopic (exact) mass is 251 g/mol. The Morgan fingerprint density at radius 2 is 2.28 bits per heavy atom. The number of likely N-dealkylation sites (tertiary alicyclic amines) is 1. The molecule has 7 heteroatoms. The smallest absolute Gasteiger partial charge is 0.284 e. The highest BCUT2D eigenvalue weighted by Gasteiger charge is 2.25. The highest BCUT2D eigenvalue weighted by atomic mass is 16.2. The van der Waals surface area contributed by atoms with Gasteiger partial charge in [0.15, 0.2) is 0 Å². The molecule has 2 rings (SSSR count). The number of aromatic nitrogens is 3. The number of nitrogens with zero attached hydrogens (tertiary/aromatic N) is 4. The maximum absolute atomic E-state index is 11.2. The summed E-state index contributed by atoms with van der Waals surface area (Å²) in [4.78, 5) is 28.0. The van der Waals surface area contributed by atoms with E-state index < -0.39 is 11.7 Å². The van der Waals surface area contributed by atoms with Crippen LogP contribution in [0.3, 0.4) is 0 Å². The molecular weight excluding hydrogens is 234 g/mol. The van der Waals surface area contributed by atoms with Crippen LogP contribution in [0.1, 0.15) is 19.3 Å². The highest BCUT2D eigenvalue weighted by Crippen LogP contribution is 2.18. The fraction of sp³-hybridized carbons (Fsp3) is 0.636. The second kappa shape index (κ2) is 5.72. The van der Waals surface area contributed by atoms with Crippen molar-refractivity contribution < 1.29 is 9.59 Å². The molecular formula is C11H17N5O2. The van der Waals surface area contributed by atoms with Gasteiger partial charge in [0, 0.05) is 19.0 Å². The molecule has 98 valence electrons. The van der Waals surface area contributed by atoms with Crippen LogP contribution < -0.4 is 5.73 Å². The van der Waals surface area contributed by atoms with E-state index >= 15 is 0 Å². The molecule has 1 amide bonds. The highest BCUT2D eigenvalue weighted by molar-refractivity contribution is 6.35. The number of amides is 1. The number of ketones is 1. The first-order valence-electron chi connectivity index (χ1n) is 6.06. The molecule has 0 aromatic carbocycles. The van der Waals surface area contributed by atoms with Crippen LogP contribution >= 0.6 is 0 Å². The first-order chi connectivity index (χ1) is 8.66. The predicted octanol–water partition coefficient (Wildman–Crippen LogP) is -0.813. The SMILES string of the molecule is NC(=O)C(=O)CCN1CCCC1Cn1cncn1. The quantitative estimate of drug-likeness (QED) is 0.667. The molecule has 2 N–H and O–H groups in total. The van der Waals surface area contributed by atoms with E-state index in [0.29, 0.717) is 12.6 Å². The second-order valence-corrected chi connectivity index (χ2v) is 4.49. The van der Waals surface area contributed by atoms with Gasteiger partial charge in [0.05, 0.1) is 6.54 Å². The standard InChI is InChI=1S/C11H17N5O2/c12-11(18)10(17)3-5-15-4-1-2-9(15)6-16-8-13-7-14-16/h7-9H,1-6H2,(H2,12,18). The lowest BCUT2D eigenvalue weighted by Crippen LogP contribution is -2.36. The summed E-state index contributed by atoms with van der Waals surface area (Å²) in [7, 11) is 0. The maximum atomic E-state index is 11.2. The minimum absolute atomic E-state index is 0.198. The molecule has 1 aromatic heterocycles. The third-order valence-corrected chi connectivity index (χ3v) is 3.26. The van der Waals surface area contributed by atoms with Gasteiger partial charge in [-0.1, -0.05) is 0 Å². The summed E-state index contributed by atoms with van der Waals surface area (Å²) < 4.78 is 1.79. The predicted molar refractivity (Wildman–Crippen MR) is 63.4 cm³/mol. The first kappa shape index (κ1) is 12.7. The normalized spacial score (nSPS) is 20.1. The van der Waals surface area contributed by atoms with Crippen LogP contribution in [-0.2, 0) is 16.1 Å². The topological polar surface area (TPSA) is 94.1 Å². The molecule has 1 fully saturated rings. The summed E-state index contributed by atoms with van der Waals surface area (Å²) >= 11 is 0. The van der Waals surface area contributed by atoms with Crippen molar-refractivity contribution in [3.8, 4) is 0 Å². The van der Waals surface area contributed by atoms with Crippen molar-refractivity contribution >= 4 is 11.7 Å². The number of rotatable bonds is 6. The third-order valence-electron chi connectivity index (χ3n) is 3.26. The van der Waals surface area contributed by atoms with Crippen LogP contribution in [0.25, 0.3) is 0 Å². The minimum Gasteiger partial charge on any atom is -0.363 e. The van der Waals surface area contributed by atoms with E-state index in [-0.39, 0.29) is 6.42 Å². The van der Waals surface area contributed by atoms with Crippen molar-refractivity contribution in [3.05, 3.63) is 12.7 Å². The summed E-state index contributed by atoms with van der Waals surface area (Å²) in [5.41, 5.74) is 4.94. The Hall–Kier alpha value is -1.76. The summed E-state index contributed by atoms with van der Waals surface area (Å²) in [6.45, 7) is 2.30. The largest absolute Gasteiger partial charge is 0.363 e. The molecule has 0 aliphatic carbocycles. The van der Waals surface area contributed by atoms with Crippen molar-refractivity contribution in [2.75, 3.05) is 13.1 Å². The molecule has 1 aliphatic heterocycles. The summed E-state index contributed by atoms with van der Waals surface area (Å²) in [5.74, 6) is -1.34. The number of carbonyl (C=O) groups excluding carboxylic acids is 2. The zero-order valence-corrected chi connectivity index (χ0v) is 10.2. The lowest BCUT2D eigenvalue weighted by atomic mass is 10.2. The fourth-order valence-electron chi connectivity index (χ4n) is 2.31. The summed E-state index contributed by atoms with van der Waals surface area (Å²) in [6, 6.07) is 0.354. The third kappa shape index (κ3) is 3.13. The number of carbonyl (C=O) groups is 2. The average molecular weight is 251 g/mol. The van der Waals surface area contributed by atoms with Gasteiger partial charge in [-0.05, 0) is 19.4 Å². The van der Waals surface area contributed by atoms with Gasteiger partial charge in [0.25, 0.3) is 5.91 Å². The molecule has 1 atom stereocenters. The van der Waals surface area contributed by atoms with Gasteiger partial charge >= 0.3 is 0 Å². The molecule has 1 unspecified atom stereocenters. The van der Waals surface area contributed by atoms with Crippen LogP contribution in [0.5, 0.6) is 0 Å². The van der Waals surface area contributed by atoms with E-state index in [1.807, 2.05) is 0 Å². The van der Waals surface area contributed by atoms with Crippen molar-refractivity contribution in [1.82, 2.24) is 19.7 Å². The van der Waals surface area contributed by atoms with E-state index in [4.69, 9.17) is 5.73 Å². The molecule has 2 heterocycles. The number of nitrogens with two attached hydrogens (primary N) is 1. The van der Waals surface area contributed by atoms with Gasteiger partial charge in [-0.3, -0.25) is 19.2 Å². The molecule has 0 radical (unpaired) electrons. The fourth-order valence-corrected chi connectivity index (χ4v) is 2.31. The van der Waals surface area contributed by atoms with Crippen molar-refractivity contribution in [1.29, 1.82) is 0 Å². The molecule has 0 spiro atoms. The molecule has 18 heavy (non-hydrogen) atoms. The molecule has 1 aromatic rings. The lowest BCUT2D eigenvalue weighted by molar-refractivity contribution is -0.136. The molecule has 1 saturated heterocycles. The Bertz CT molecular complexity index is 417. The number of hydrogen-bond acceptors (Lipinski definition) is 5. The van der Waals surface area contributed by atoms with Gasteiger partial charge in [0.2, 0.25) is 5.78 Å². The Kier molecular flexibility index (Phi) is 4.03. The van der Waals surface area contributed by atoms with E-state index in [1.165, 1.54) is 6.33 Å². The van der Waals surface area contributed by atoms with E-state index in [9.17, 15) is 9.59 Å². The maximum Gasteiger partial charge on any atom is 0.284 e. The van der Waals surface area contributed by atoms with Crippen molar-refractivity contribution in [3.63, 3.8) is 0 Å². The molecule has 0 bridgehead atoms. The zero-order valence-electron chi connectivity index (χ0n) is 10.2. The van der Waals surface area contributed by atoms with Gasteiger partial charge in [-0.15, -0.1) is 0 Å². The molecule has 0 saturated carbocycles. The summed E-state index contributed by atoms with van der Waals surface area (Å²) in [6.07, 6.45) is 5.57. The van der Waals surface area contributed by atoms with Gasteiger partial charge < -0.3 is 5.73 Å². The van der Waals surface area contributed by atoms with E-state index in [2.05, 4.69) is 15.0 Å². The van der Waals surface area contributed by atoms with Crippen LogP contribution in [0.2, 0.25) is 0 Å². The van der Waals surface area contributed by atoms with Crippen molar-refractivity contribution in [2.45, 2.75) is 31.8 Å². The van der Waals surface area contributed by atoms with Gasteiger partial charge in [-0.2, -0.15) is 5.10 Å². The molecule has 1 aliphatic rings. The van der Waals surface area contributed by atoms with E-state index in [1.54, 1.807) is 11.0 Å². The summed E-state index contributed by atoms with van der Waals surface area (Å²) in [5, 5.41) is 4.08. The van der Waals surface area contributed by atoms with Crippen LogP contribution in [-0.4, -0.2) is 50.5 Å². The van der Waals surface area contributed by atoms with Gasteiger partial charge in [-0.25, -0.2) is 4.98 Å². The lowest BCUT2D eigenvalue weighted by Gasteiger charge is -2.23. The van der Waals surface area contributed by atoms with Gasteiger partial charge in [0.1, 0.15) is 12.7 Å². The van der Waals surface area contributed by atoms with Crippen LogP contribution in [0.15, 0.2) is 12.7 Å².